The minimum atomic E-state index is 0.121. The number of rotatable bonds is 10. The molecular weight excluding hydrogens is 310 g/mol. The number of ether oxygens (including phenoxy) is 1. The Labute approximate surface area is 151 Å². The average molecular weight is 339 g/mol. The molecule has 0 spiro atoms. The van der Waals surface area contributed by atoms with E-state index in [4.69, 9.17) is 4.74 Å². The molecule has 3 heteroatoms. The molecule has 134 valence electrons. The molecule has 1 aliphatic rings. The van der Waals surface area contributed by atoms with Crippen LogP contribution in [0.3, 0.4) is 0 Å². The molecule has 0 bridgehead atoms. The van der Waals surface area contributed by atoms with Crippen molar-refractivity contribution in [3.63, 3.8) is 0 Å². The summed E-state index contributed by atoms with van der Waals surface area (Å²) in [5, 5.41) is 9.30. The number of benzene rings is 2. The van der Waals surface area contributed by atoms with Gasteiger partial charge < -0.3 is 14.7 Å². The van der Waals surface area contributed by atoms with Gasteiger partial charge in [-0.2, -0.15) is 0 Å². The van der Waals surface area contributed by atoms with Crippen molar-refractivity contribution in [1.82, 2.24) is 4.90 Å². The van der Waals surface area contributed by atoms with Gasteiger partial charge in [0.2, 0.25) is 0 Å². The molecule has 0 heterocycles. The lowest BCUT2D eigenvalue weighted by Crippen LogP contribution is -2.30. The zero-order valence-electron chi connectivity index (χ0n) is 15.2. The monoisotopic (exact) mass is 339 g/mol. The van der Waals surface area contributed by atoms with Crippen LogP contribution in [0.1, 0.15) is 29.5 Å². The molecule has 3 rings (SSSR count). The molecule has 1 saturated carbocycles. The Morgan fingerprint density at radius 1 is 0.960 bits per heavy atom. The van der Waals surface area contributed by atoms with Crippen molar-refractivity contribution in [3.8, 4) is 5.75 Å². The van der Waals surface area contributed by atoms with Gasteiger partial charge >= 0.3 is 0 Å². The third-order valence-corrected chi connectivity index (χ3v) is 4.95. The Kier molecular flexibility index (Phi) is 6.48. The first-order valence-corrected chi connectivity index (χ1v) is 9.31. The Morgan fingerprint density at radius 2 is 1.60 bits per heavy atom. The van der Waals surface area contributed by atoms with Gasteiger partial charge in [-0.05, 0) is 60.4 Å². The highest BCUT2D eigenvalue weighted by Crippen LogP contribution is 2.30. The molecule has 2 aromatic carbocycles. The van der Waals surface area contributed by atoms with Crippen LogP contribution in [0.2, 0.25) is 0 Å². The first kappa shape index (κ1) is 18.0. The van der Waals surface area contributed by atoms with Crippen LogP contribution in [0.5, 0.6) is 5.75 Å². The normalized spacial score (nSPS) is 14.0. The number of aliphatic hydroxyl groups is 1. The lowest BCUT2D eigenvalue weighted by Gasteiger charge is -2.22. The van der Waals surface area contributed by atoms with Gasteiger partial charge in [0.05, 0.1) is 13.7 Å². The summed E-state index contributed by atoms with van der Waals surface area (Å²) in [4.78, 5) is 2.60. The van der Waals surface area contributed by atoms with E-state index in [1.807, 2.05) is 18.2 Å². The van der Waals surface area contributed by atoms with Crippen LogP contribution in [0, 0.1) is 5.92 Å². The third-order valence-electron chi connectivity index (χ3n) is 4.95. The summed E-state index contributed by atoms with van der Waals surface area (Å²) in [5.74, 6) is 1.83. The van der Waals surface area contributed by atoms with Crippen LogP contribution in [0.4, 0.5) is 0 Å². The third kappa shape index (κ3) is 5.87. The van der Waals surface area contributed by atoms with Gasteiger partial charge in [-0.15, -0.1) is 0 Å². The maximum atomic E-state index is 9.30. The van der Waals surface area contributed by atoms with Gasteiger partial charge in [-0.3, -0.25) is 0 Å². The lowest BCUT2D eigenvalue weighted by molar-refractivity contribution is 0.268. The summed E-state index contributed by atoms with van der Waals surface area (Å²) >= 11 is 0. The van der Waals surface area contributed by atoms with Crippen LogP contribution in [-0.4, -0.2) is 36.8 Å². The minimum absolute atomic E-state index is 0.121. The highest BCUT2D eigenvalue weighted by Gasteiger charge is 2.24. The lowest BCUT2D eigenvalue weighted by atomic mass is 10.1. The molecule has 1 aliphatic carbocycles. The van der Waals surface area contributed by atoms with Crippen molar-refractivity contribution < 1.29 is 9.84 Å². The van der Waals surface area contributed by atoms with E-state index in [2.05, 4.69) is 35.2 Å². The zero-order chi connectivity index (χ0) is 17.5. The smallest absolute Gasteiger partial charge is 0.119 e. The van der Waals surface area contributed by atoms with E-state index in [0.29, 0.717) is 0 Å². The molecule has 1 N–H and O–H groups in total. The van der Waals surface area contributed by atoms with Gasteiger partial charge in [0.25, 0.3) is 0 Å². The SMILES string of the molecule is COc1cccc(CCN(CCc2cccc(CO)c2)CC2CC2)c1. The van der Waals surface area contributed by atoms with Gasteiger partial charge in [0.15, 0.2) is 0 Å². The van der Waals surface area contributed by atoms with E-state index in [-0.39, 0.29) is 6.61 Å². The first-order valence-electron chi connectivity index (χ1n) is 9.31. The predicted molar refractivity (Wildman–Crippen MR) is 102 cm³/mol. The average Bonchev–Trinajstić information content (AvgIpc) is 3.48. The molecule has 0 unspecified atom stereocenters. The van der Waals surface area contributed by atoms with Crippen LogP contribution < -0.4 is 4.74 Å². The summed E-state index contributed by atoms with van der Waals surface area (Å²) in [6.45, 7) is 3.50. The van der Waals surface area contributed by atoms with E-state index in [1.165, 1.54) is 30.5 Å². The predicted octanol–water partition coefficient (Wildman–Crippen LogP) is 3.68. The van der Waals surface area contributed by atoms with Crippen LogP contribution in [0.15, 0.2) is 48.5 Å². The second kappa shape index (κ2) is 9.02. The number of nitrogens with zero attached hydrogens (tertiary/aromatic N) is 1. The van der Waals surface area contributed by atoms with E-state index < -0.39 is 0 Å². The first-order chi connectivity index (χ1) is 12.3. The fourth-order valence-electron chi connectivity index (χ4n) is 3.25. The van der Waals surface area contributed by atoms with E-state index in [1.54, 1.807) is 7.11 Å². The molecule has 3 nitrogen and oxygen atoms in total. The second-order valence-electron chi connectivity index (χ2n) is 7.07. The standard InChI is InChI=1S/C22H29NO2/c1-25-22-7-3-5-19(15-22)11-13-23(16-20-8-9-20)12-10-18-4-2-6-21(14-18)17-24/h2-7,14-15,20,24H,8-13,16-17H2,1H3. The van der Waals surface area contributed by atoms with E-state index >= 15 is 0 Å². The largest absolute Gasteiger partial charge is 0.497 e. The van der Waals surface area contributed by atoms with Gasteiger partial charge in [-0.1, -0.05) is 36.4 Å². The van der Waals surface area contributed by atoms with Crippen LogP contribution >= 0.6 is 0 Å². The fraction of sp³-hybridized carbons (Fsp3) is 0.455. The summed E-state index contributed by atoms with van der Waals surface area (Å²) in [7, 11) is 1.72. The summed E-state index contributed by atoms with van der Waals surface area (Å²) in [6, 6.07) is 16.7. The zero-order valence-corrected chi connectivity index (χ0v) is 15.2. The van der Waals surface area contributed by atoms with Crippen molar-refractivity contribution in [2.45, 2.75) is 32.3 Å². The number of aliphatic hydroxyl groups excluding tert-OH is 1. The van der Waals surface area contributed by atoms with Crippen molar-refractivity contribution in [2.75, 3.05) is 26.7 Å². The fourth-order valence-corrected chi connectivity index (χ4v) is 3.25. The molecule has 2 aromatic rings. The van der Waals surface area contributed by atoms with Gasteiger partial charge in [-0.25, -0.2) is 0 Å². The molecule has 0 saturated heterocycles. The second-order valence-corrected chi connectivity index (χ2v) is 7.07. The molecular formula is C22H29NO2. The van der Waals surface area contributed by atoms with Crippen molar-refractivity contribution in [3.05, 3.63) is 65.2 Å². The number of hydrogen-bond donors (Lipinski definition) is 1. The number of hydrogen-bond acceptors (Lipinski definition) is 3. The highest BCUT2D eigenvalue weighted by atomic mass is 16.5. The summed E-state index contributed by atoms with van der Waals surface area (Å²) < 4.78 is 5.33. The highest BCUT2D eigenvalue weighted by molar-refractivity contribution is 5.28. The van der Waals surface area contributed by atoms with Crippen LogP contribution in [-0.2, 0) is 19.4 Å². The van der Waals surface area contributed by atoms with E-state index in [0.717, 1.165) is 43.2 Å². The maximum Gasteiger partial charge on any atom is 0.119 e. The molecule has 0 amide bonds. The molecule has 1 fully saturated rings. The Balaban J connectivity index is 1.55. The van der Waals surface area contributed by atoms with Crippen molar-refractivity contribution >= 4 is 0 Å². The Bertz CT molecular complexity index is 615. The maximum absolute atomic E-state index is 9.30. The Hall–Kier alpha value is -1.84. The van der Waals surface area contributed by atoms with Crippen LogP contribution in [0.25, 0.3) is 0 Å². The molecule has 25 heavy (non-hydrogen) atoms. The topological polar surface area (TPSA) is 32.7 Å². The molecule has 0 atom stereocenters. The Morgan fingerprint density at radius 3 is 2.24 bits per heavy atom. The van der Waals surface area contributed by atoms with Crippen molar-refractivity contribution in [1.29, 1.82) is 0 Å². The van der Waals surface area contributed by atoms with Crippen molar-refractivity contribution in [2.24, 2.45) is 5.92 Å². The van der Waals surface area contributed by atoms with E-state index in [9.17, 15) is 5.11 Å². The molecule has 0 aromatic heterocycles. The quantitative estimate of drug-likeness (QED) is 0.717. The molecule has 0 aliphatic heterocycles. The summed E-state index contributed by atoms with van der Waals surface area (Å²) in [5.41, 5.74) is 3.65. The number of methoxy groups -OCH3 is 1. The molecule has 0 radical (unpaired) electrons. The minimum Gasteiger partial charge on any atom is -0.497 e. The van der Waals surface area contributed by atoms with Gasteiger partial charge in [0, 0.05) is 19.6 Å². The van der Waals surface area contributed by atoms with Gasteiger partial charge in [0.1, 0.15) is 5.75 Å². The summed E-state index contributed by atoms with van der Waals surface area (Å²) in [6.07, 6.45) is 4.87.